The second-order valence-corrected chi connectivity index (χ2v) is 7.05. The number of anilines is 3. The first kappa shape index (κ1) is 19.6. The fourth-order valence-corrected chi connectivity index (χ4v) is 3.34. The maximum atomic E-state index is 12.5. The van der Waals surface area contributed by atoms with Crippen molar-refractivity contribution in [2.45, 2.75) is 6.92 Å². The molecule has 1 aliphatic heterocycles. The molecular formula is C23H24N6O. The average Bonchev–Trinajstić information content (AvgIpc) is 2.78. The van der Waals surface area contributed by atoms with E-state index < -0.39 is 0 Å². The number of aromatic nitrogens is 3. The highest BCUT2D eigenvalue weighted by atomic mass is 16.2. The van der Waals surface area contributed by atoms with E-state index in [2.05, 4.69) is 25.2 Å². The topological polar surface area (TPSA) is 74.2 Å². The van der Waals surface area contributed by atoms with Crippen LogP contribution in [0.1, 0.15) is 11.4 Å². The standard InChI is InChI=1S/C23H24N6O/c1-18-25-21(27-20-9-5-6-12-24-20)17-22(26-18)28-13-15-29(16-14-28)23(30)11-10-19-7-3-2-4-8-19/h2-12,17H,13-16H2,1H3,(H,24,25,26,27)/b11-10+. The van der Waals surface area contributed by atoms with Crippen molar-refractivity contribution in [3.63, 3.8) is 0 Å². The molecule has 1 saturated heterocycles. The molecule has 0 radical (unpaired) electrons. The van der Waals surface area contributed by atoms with Gasteiger partial charge in [0, 0.05) is 44.5 Å². The number of nitrogens with one attached hydrogen (secondary N) is 1. The van der Waals surface area contributed by atoms with E-state index in [0.717, 1.165) is 30.3 Å². The first-order chi connectivity index (χ1) is 14.7. The minimum Gasteiger partial charge on any atom is -0.353 e. The largest absolute Gasteiger partial charge is 0.353 e. The lowest BCUT2D eigenvalue weighted by molar-refractivity contribution is -0.126. The molecule has 7 heteroatoms. The molecule has 152 valence electrons. The van der Waals surface area contributed by atoms with E-state index in [1.807, 2.05) is 72.5 Å². The summed E-state index contributed by atoms with van der Waals surface area (Å²) in [4.78, 5) is 29.9. The average molecular weight is 400 g/mol. The molecule has 1 amide bonds. The van der Waals surface area contributed by atoms with Gasteiger partial charge < -0.3 is 15.1 Å². The van der Waals surface area contributed by atoms with Gasteiger partial charge in [0.2, 0.25) is 5.91 Å². The van der Waals surface area contributed by atoms with Crippen molar-refractivity contribution < 1.29 is 4.79 Å². The number of carbonyl (C=O) groups is 1. The van der Waals surface area contributed by atoms with E-state index in [1.54, 1.807) is 12.3 Å². The Balaban J connectivity index is 1.38. The highest BCUT2D eigenvalue weighted by molar-refractivity contribution is 5.92. The number of hydrogen-bond acceptors (Lipinski definition) is 6. The zero-order chi connectivity index (χ0) is 20.8. The van der Waals surface area contributed by atoms with Gasteiger partial charge in [0.15, 0.2) is 0 Å². The van der Waals surface area contributed by atoms with Gasteiger partial charge in [0.25, 0.3) is 0 Å². The Morgan fingerprint density at radius 2 is 1.73 bits per heavy atom. The van der Waals surface area contributed by atoms with Crippen molar-refractivity contribution in [2.24, 2.45) is 0 Å². The van der Waals surface area contributed by atoms with Crippen molar-refractivity contribution in [3.05, 3.63) is 78.3 Å². The van der Waals surface area contributed by atoms with Gasteiger partial charge in [-0.25, -0.2) is 15.0 Å². The minimum absolute atomic E-state index is 0.0369. The van der Waals surface area contributed by atoms with Gasteiger partial charge in [-0.3, -0.25) is 4.79 Å². The Kier molecular flexibility index (Phi) is 5.98. The molecule has 0 aliphatic carbocycles. The maximum Gasteiger partial charge on any atom is 0.246 e. The van der Waals surface area contributed by atoms with E-state index >= 15 is 0 Å². The fourth-order valence-electron chi connectivity index (χ4n) is 3.34. The summed E-state index contributed by atoms with van der Waals surface area (Å²) in [5.41, 5.74) is 1.02. The molecule has 1 N–H and O–H groups in total. The van der Waals surface area contributed by atoms with Crippen LogP contribution >= 0.6 is 0 Å². The minimum atomic E-state index is 0.0369. The lowest BCUT2D eigenvalue weighted by atomic mass is 10.2. The Morgan fingerprint density at radius 3 is 2.47 bits per heavy atom. The smallest absolute Gasteiger partial charge is 0.246 e. The summed E-state index contributed by atoms with van der Waals surface area (Å²) in [6.07, 6.45) is 5.24. The van der Waals surface area contributed by atoms with Crippen molar-refractivity contribution in [1.29, 1.82) is 0 Å². The van der Waals surface area contributed by atoms with Crippen LogP contribution in [-0.2, 0) is 4.79 Å². The van der Waals surface area contributed by atoms with Gasteiger partial charge in [0.05, 0.1) is 0 Å². The molecule has 0 saturated carbocycles. The van der Waals surface area contributed by atoms with Crippen LogP contribution in [0.4, 0.5) is 17.5 Å². The monoisotopic (exact) mass is 400 g/mol. The zero-order valence-corrected chi connectivity index (χ0v) is 16.9. The number of aryl methyl sites for hydroxylation is 1. The molecule has 0 atom stereocenters. The summed E-state index contributed by atoms with van der Waals surface area (Å²) in [5, 5.41) is 3.22. The molecule has 1 fully saturated rings. The van der Waals surface area contributed by atoms with Crippen molar-refractivity contribution >= 4 is 29.4 Å². The van der Waals surface area contributed by atoms with Gasteiger partial charge in [-0.05, 0) is 30.7 Å². The maximum absolute atomic E-state index is 12.5. The third kappa shape index (κ3) is 5.00. The number of nitrogens with zero attached hydrogens (tertiary/aromatic N) is 5. The van der Waals surface area contributed by atoms with E-state index in [0.29, 0.717) is 24.7 Å². The SMILES string of the molecule is Cc1nc(Nc2ccccn2)cc(N2CCN(C(=O)/C=C/c3ccccc3)CC2)n1. The predicted octanol–water partition coefficient (Wildman–Crippen LogP) is 3.29. The molecule has 3 aromatic rings. The van der Waals surface area contributed by atoms with E-state index in [4.69, 9.17) is 0 Å². The lowest BCUT2D eigenvalue weighted by Gasteiger charge is -2.35. The molecule has 1 aromatic carbocycles. The lowest BCUT2D eigenvalue weighted by Crippen LogP contribution is -2.48. The van der Waals surface area contributed by atoms with Crippen LogP contribution in [0.15, 0.2) is 66.9 Å². The Hall–Kier alpha value is -3.74. The Bertz CT molecular complexity index is 1010. The third-order valence-electron chi connectivity index (χ3n) is 4.88. The van der Waals surface area contributed by atoms with Crippen LogP contribution in [0.25, 0.3) is 6.08 Å². The summed E-state index contributed by atoms with van der Waals surface area (Å²) >= 11 is 0. The summed E-state index contributed by atoms with van der Waals surface area (Å²) in [7, 11) is 0. The third-order valence-corrected chi connectivity index (χ3v) is 4.88. The van der Waals surface area contributed by atoms with Crippen LogP contribution in [0.5, 0.6) is 0 Å². The highest BCUT2D eigenvalue weighted by Gasteiger charge is 2.21. The molecule has 0 bridgehead atoms. The van der Waals surface area contributed by atoms with Gasteiger partial charge in [0.1, 0.15) is 23.3 Å². The van der Waals surface area contributed by atoms with E-state index in [1.165, 1.54) is 0 Å². The summed E-state index contributed by atoms with van der Waals surface area (Å²) in [5.74, 6) is 3.03. The molecular weight excluding hydrogens is 376 g/mol. The van der Waals surface area contributed by atoms with Crippen molar-refractivity contribution in [1.82, 2.24) is 19.9 Å². The number of carbonyl (C=O) groups excluding carboxylic acids is 1. The van der Waals surface area contributed by atoms with Gasteiger partial charge in [-0.1, -0.05) is 36.4 Å². The number of hydrogen-bond donors (Lipinski definition) is 1. The number of pyridine rings is 1. The molecule has 0 spiro atoms. The number of piperazine rings is 1. The number of amides is 1. The van der Waals surface area contributed by atoms with Gasteiger partial charge >= 0.3 is 0 Å². The van der Waals surface area contributed by atoms with Crippen LogP contribution in [0.2, 0.25) is 0 Å². The molecule has 0 unspecified atom stereocenters. The van der Waals surface area contributed by atoms with Crippen LogP contribution in [0, 0.1) is 6.92 Å². The van der Waals surface area contributed by atoms with Crippen LogP contribution < -0.4 is 10.2 Å². The molecule has 7 nitrogen and oxygen atoms in total. The van der Waals surface area contributed by atoms with Crippen LogP contribution in [-0.4, -0.2) is 51.9 Å². The first-order valence-electron chi connectivity index (χ1n) is 9.98. The molecule has 2 aromatic heterocycles. The van der Waals surface area contributed by atoms with E-state index in [9.17, 15) is 4.79 Å². The second-order valence-electron chi connectivity index (χ2n) is 7.05. The van der Waals surface area contributed by atoms with Gasteiger partial charge in [-0.2, -0.15) is 0 Å². The van der Waals surface area contributed by atoms with Gasteiger partial charge in [-0.15, -0.1) is 0 Å². The second kappa shape index (κ2) is 9.17. The van der Waals surface area contributed by atoms with Crippen molar-refractivity contribution in [2.75, 3.05) is 36.4 Å². The Morgan fingerprint density at radius 1 is 0.967 bits per heavy atom. The molecule has 3 heterocycles. The predicted molar refractivity (Wildman–Crippen MR) is 119 cm³/mol. The molecule has 1 aliphatic rings. The Labute approximate surface area is 176 Å². The normalized spacial score (nSPS) is 14.2. The first-order valence-corrected chi connectivity index (χ1v) is 9.98. The van der Waals surface area contributed by atoms with Crippen molar-refractivity contribution in [3.8, 4) is 0 Å². The summed E-state index contributed by atoms with van der Waals surface area (Å²) in [6, 6.07) is 17.5. The zero-order valence-electron chi connectivity index (χ0n) is 16.9. The molecule has 4 rings (SSSR count). The van der Waals surface area contributed by atoms with E-state index in [-0.39, 0.29) is 5.91 Å². The fraction of sp³-hybridized carbons (Fsp3) is 0.217. The quantitative estimate of drug-likeness (QED) is 0.663. The summed E-state index contributed by atoms with van der Waals surface area (Å²) in [6.45, 7) is 4.64. The molecule has 30 heavy (non-hydrogen) atoms. The summed E-state index contributed by atoms with van der Waals surface area (Å²) < 4.78 is 0. The number of benzene rings is 1. The van der Waals surface area contributed by atoms with Crippen LogP contribution in [0.3, 0.4) is 0 Å². The highest BCUT2D eigenvalue weighted by Crippen LogP contribution is 2.20. The number of rotatable bonds is 5.